The van der Waals surface area contributed by atoms with Crippen LogP contribution in [-0.4, -0.2) is 20.5 Å². The minimum atomic E-state index is -3.84. The monoisotopic (exact) mass is 489 g/mol. The first-order valence-corrected chi connectivity index (χ1v) is 11.9. The van der Waals surface area contributed by atoms with Crippen molar-refractivity contribution in [1.29, 1.82) is 0 Å². The van der Waals surface area contributed by atoms with Crippen LogP contribution in [0.4, 0.5) is 0 Å². The molecule has 166 valence electrons. The van der Waals surface area contributed by atoms with Crippen LogP contribution < -0.4 is 10.1 Å². The van der Waals surface area contributed by atoms with Crippen molar-refractivity contribution in [2.45, 2.75) is 24.3 Å². The van der Waals surface area contributed by atoms with Gasteiger partial charge in [-0.2, -0.15) is 5.10 Å². The zero-order valence-electron chi connectivity index (χ0n) is 17.1. The third-order valence-corrected chi connectivity index (χ3v) is 6.92. The van der Waals surface area contributed by atoms with Crippen LogP contribution in [0.5, 0.6) is 0 Å². The minimum Gasteiger partial charge on any atom is -0.273 e. The summed E-state index contributed by atoms with van der Waals surface area (Å²) in [4.78, 5) is 12.6. The van der Waals surface area contributed by atoms with E-state index in [1.165, 1.54) is 18.3 Å². The van der Waals surface area contributed by atoms with Gasteiger partial charge in [-0.1, -0.05) is 83.4 Å². The van der Waals surface area contributed by atoms with Gasteiger partial charge in [-0.15, -0.1) is 0 Å². The molecule has 3 aromatic rings. The summed E-state index contributed by atoms with van der Waals surface area (Å²) in [5, 5.41) is 4.60. The van der Waals surface area contributed by atoms with Crippen LogP contribution in [0.2, 0.25) is 10.0 Å². The summed E-state index contributed by atoms with van der Waals surface area (Å²) in [5.41, 5.74) is 4.54. The van der Waals surface area contributed by atoms with Gasteiger partial charge in [0, 0.05) is 12.0 Å². The van der Waals surface area contributed by atoms with Crippen LogP contribution in [0.1, 0.15) is 29.2 Å². The molecule has 0 aliphatic carbocycles. The summed E-state index contributed by atoms with van der Waals surface area (Å²) < 4.78 is 28.4. The Hall–Kier alpha value is -2.71. The predicted molar refractivity (Wildman–Crippen MR) is 127 cm³/mol. The summed E-state index contributed by atoms with van der Waals surface area (Å²) in [5.74, 6) is -0.472. The van der Waals surface area contributed by atoms with E-state index < -0.39 is 22.0 Å². The molecular weight excluding hydrogens is 469 g/mol. The minimum absolute atomic E-state index is 0.123. The molecule has 1 amide bonds. The van der Waals surface area contributed by atoms with Gasteiger partial charge < -0.3 is 0 Å². The molecule has 6 nitrogen and oxygen atoms in total. The number of nitrogens with zero attached hydrogens (tertiary/aromatic N) is 1. The first kappa shape index (κ1) is 23.9. The van der Waals surface area contributed by atoms with E-state index in [-0.39, 0.29) is 11.3 Å². The summed E-state index contributed by atoms with van der Waals surface area (Å²) in [6.45, 7) is 1.87. The van der Waals surface area contributed by atoms with Crippen LogP contribution in [0, 0.1) is 6.92 Å². The van der Waals surface area contributed by atoms with Gasteiger partial charge in [-0.3, -0.25) is 4.79 Å². The molecule has 0 fully saturated rings. The number of sulfonamides is 1. The zero-order valence-corrected chi connectivity index (χ0v) is 19.5. The van der Waals surface area contributed by atoms with E-state index in [0.29, 0.717) is 21.2 Å². The molecule has 1 atom stereocenters. The Morgan fingerprint density at radius 3 is 2.38 bits per heavy atom. The molecule has 0 saturated carbocycles. The molecule has 32 heavy (non-hydrogen) atoms. The molecule has 0 aliphatic rings. The van der Waals surface area contributed by atoms with Crippen LogP contribution in [0.15, 0.2) is 82.8 Å². The number of amides is 1. The molecule has 0 saturated heterocycles. The number of halogens is 2. The number of hydrazone groups is 1. The van der Waals surface area contributed by atoms with Gasteiger partial charge in [0.2, 0.25) is 15.9 Å². The first-order chi connectivity index (χ1) is 15.3. The summed E-state index contributed by atoms with van der Waals surface area (Å²) >= 11 is 12.1. The maximum atomic E-state index is 12.9. The number of hydrogen-bond donors (Lipinski definition) is 2. The quantitative estimate of drug-likeness (QED) is 0.349. The lowest BCUT2D eigenvalue weighted by Crippen LogP contribution is -2.32. The van der Waals surface area contributed by atoms with Gasteiger partial charge in [0.25, 0.3) is 0 Å². The van der Waals surface area contributed by atoms with Crippen LogP contribution in [0.25, 0.3) is 0 Å². The van der Waals surface area contributed by atoms with Crippen molar-refractivity contribution < 1.29 is 13.2 Å². The highest BCUT2D eigenvalue weighted by Gasteiger charge is 2.23. The molecule has 0 heterocycles. The van der Waals surface area contributed by atoms with E-state index >= 15 is 0 Å². The highest BCUT2D eigenvalue weighted by molar-refractivity contribution is 7.89. The number of aryl methyl sites for hydroxylation is 1. The van der Waals surface area contributed by atoms with Crippen molar-refractivity contribution in [3.05, 3.63) is 99.5 Å². The van der Waals surface area contributed by atoms with Crippen molar-refractivity contribution in [3.8, 4) is 0 Å². The Bertz CT molecular complexity index is 1210. The molecule has 0 unspecified atom stereocenters. The Morgan fingerprint density at radius 2 is 1.69 bits per heavy atom. The number of benzene rings is 3. The van der Waals surface area contributed by atoms with Gasteiger partial charge in [0.05, 0.1) is 27.2 Å². The largest absolute Gasteiger partial charge is 0.273 e. The number of carbonyl (C=O) groups is 1. The lowest BCUT2D eigenvalue weighted by Gasteiger charge is -2.18. The van der Waals surface area contributed by atoms with Gasteiger partial charge in [-0.05, 0) is 30.7 Å². The molecule has 3 rings (SSSR count). The average Bonchev–Trinajstić information content (AvgIpc) is 2.77. The van der Waals surface area contributed by atoms with E-state index in [0.717, 1.165) is 5.56 Å². The summed E-state index contributed by atoms with van der Waals surface area (Å²) in [6.07, 6.45) is 1.22. The Kier molecular flexibility index (Phi) is 8.04. The smallest absolute Gasteiger partial charge is 0.242 e. The van der Waals surface area contributed by atoms with Gasteiger partial charge in [0.1, 0.15) is 0 Å². The van der Waals surface area contributed by atoms with Crippen molar-refractivity contribution in [2.75, 3.05) is 0 Å². The molecule has 0 radical (unpaired) electrons. The maximum absolute atomic E-state index is 12.9. The average molecular weight is 490 g/mol. The number of rotatable bonds is 8. The predicted octanol–water partition coefficient (Wildman–Crippen LogP) is 4.86. The van der Waals surface area contributed by atoms with Gasteiger partial charge >= 0.3 is 0 Å². The van der Waals surface area contributed by atoms with Crippen LogP contribution in [0.3, 0.4) is 0 Å². The fourth-order valence-corrected chi connectivity index (χ4v) is 4.49. The highest BCUT2D eigenvalue weighted by Crippen LogP contribution is 2.24. The van der Waals surface area contributed by atoms with Crippen molar-refractivity contribution in [2.24, 2.45) is 5.10 Å². The molecular formula is C23H21Cl2N3O3S. The second-order valence-electron chi connectivity index (χ2n) is 7.04. The zero-order chi connectivity index (χ0) is 23.1. The second kappa shape index (κ2) is 10.7. The van der Waals surface area contributed by atoms with E-state index in [1.54, 1.807) is 54.6 Å². The molecule has 0 bridgehead atoms. The van der Waals surface area contributed by atoms with E-state index in [1.807, 2.05) is 13.0 Å². The van der Waals surface area contributed by atoms with Gasteiger partial charge in [-0.25, -0.2) is 18.6 Å². The van der Waals surface area contributed by atoms with Crippen molar-refractivity contribution in [1.82, 2.24) is 10.1 Å². The summed E-state index contributed by atoms with van der Waals surface area (Å²) in [7, 11) is -3.84. The lowest BCUT2D eigenvalue weighted by atomic mass is 10.0. The number of carbonyl (C=O) groups excluding carboxylic acids is 1. The second-order valence-corrected chi connectivity index (χ2v) is 9.54. The molecule has 9 heteroatoms. The van der Waals surface area contributed by atoms with E-state index in [2.05, 4.69) is 15.2 Å². The third kappa shape index (κ3) is 6.40. The van der Waals surface area contributed by atoms with Crippen molar-refractivity contribution in [3.63, 3.8) is 0 Å². The standard InChI is InChI=1S/C23H21Cl2N3O3S/c1-16-10-12-19(13-11-16)32(30,31)28-21(17-6-3-2-4-7-17)14-22(29)27-26-15-18-8-5-9-20(24)23(18)25/h2-13,15,21,28H,14H2,1H3,(H,27,29)/b26-15-/t21-/m1/s1. The topological polar surface area (TPSA) is 87.6 Å². The maximum Gasteiger partial charge on any atom is 0.242 e. The Balaban J connectivity index is 1.75. The van der Waals surface area contributed by atoms with E-state index in [9.17, 15) is 13.2 Å². The molecule has 2 N–H and O–H groups in total. The van der Waals surface area contributed by atoms with Crippen LogP contribution in [-0.2, 0) is 14.8 Å². The summed E-state index contributed by atoms with van der Waals surface area (Å²) in [6, 6.07) is 19.6. The van der Waals surface area contributed by atoms with E-state index in [4.69, 9.17) is 23.2 Å². The fraction of sp³-hybridized carbons (Fsp3) is 0.130. The first-order valence-electron chi connectivity index (χ1n) is 9.66. The molecule has 0 spiro atoms. The fourth-order valence-electron chi connectivity index (χ4n) is 2.91. The molecule has 3 aromatic carbocycles. The Labute approximate surface area is 197 Å². The lowest BCUT2D eigenvalue weighted by molar-refractivity contribution is -0.121. The highest BCUT2D eigenvalue weighted by atomic mass is 35.5. The number of hydrogen-bond acceptors (Lipinski definition) is 4. The molecule has 0 aliphatic heterocycles. The van der Waals surface area contributed by atoms with Gasteiger partial charge in [0.15, 0.2) is 0 Å². The van der Waals surface area contributed by atoms with Crippen LogP contribution >= 0.6 is 23.2 Å². The SMILES string of the molecule is Cc1ccc(S(=O)(=O)N[C@H](CC(=O)N/N=C\c2cccc(Cl)c2Cl)c2ccccc2)cc1. The Morgan fingerprint density at radius 1 is 1.00 bits per heavy atom. The van der Waals surface area contributed by atoms with Crippen molar-refractivity contribution >= 4 is 45.3 Å². The third-order valence-electron chi connectivity index (χ3n) is 4.59. The number of nitrogens with one attached hydrogen (secondary N) is 2. The molecule has 0 aromatic heterocycles. The normalized spacial score (nSPS) is 12.6.